The molecule has 1 fully saturated rings. The van der Waals surface area contributed by atoms with Gasteiger partial charge in [0.25, 0.3) is 11.4 Å². The summed E-state index contributed by atoms with van der Waals surface area (Å²) in [5.74, 6) is -0.403. The van der Waals surface area contributed by atoms with E-state index in [0.29, 0.717) is 0 Å². The molecule has 9 nitrogen and oxygen atoms in total. The second kappa shape index (κ2) is 9.56. The van der Waals surface area contributed by atoms with Gasteiger partial charge in [-0.3, -0.25) is 25.0 Å². The first kappa shape index (κ1) is 19.5. The highest BCUT2D eigenvalue weighted by molar-refractivity contribution is 5.95. The van der Waals surface area contributed by atoms with Gasteiger partial charge in [-0.25, -0.2) is 0 Å². The molecule has 0 atom stereocenters. The number of nitrogens with one attached hydrogen (secondary N) is 2. The van der Waals surface area contributed by atoms with Crippen LogP contribution in [-0.2, 0) is 4.79 Å². The van der Waals surface area contributed by atoms with Crippen molar-refractivity contribution in [3.05, 3.63) is 38.4 Å². The monoisotopic (exact) mass is 338 g/mol. The third-order valence-corrected chi connectivity index (χ3v) is 3.62. The van der Waals surface area contributed by atoms with Crippen LogP contribution in [0.4, 0.5) is 17.1 Å². The highest BCUT2D eigenvalue weighted by Crippen LogP contribution is 2.31. The fourth-order valence-corrected chi connectivity index (χ4v) is 2.49. The molecule has 0 spiro atoms. The van der Waals surface area contributed by atoms with Gasteiger partial charge in [0.2, 0.25) is 5.91 Å². The summed E-state index contributed by atoms with van der Waals surface area (Å²) in [6, 6.07) is 3.21. The van der Waals surface area contributed by atoms with Gasteiger partial charge in [0.05, 0.1) is 15.9 Å². The molecule has 1 amide bonds. The molecule has 0 heterocycles. The van der Waals surface area contributed by atoms with Crippen molar-refractivity contribution >= 4 is 23.0 Å². The molecule has 24 heavy (non-hydrogen) atoms. The lowest BCUT2D eigenvalue weighted by atomic mass is 9.88. The van der Waals surface area contributed by atoms with Gasteiger partial charge in [-0.05, 0) is 33.0 Å². The third-order valence-electron chi connectivity index (χ3n) is 3.62. The van der Waals surface area contributed by atoms with Crippen LogP contribution >= 0.6 is 0 Å². The molecule has 2 rings (SSSR count). The molecule has 132 valence electrons. The molecular weight excluding hydrogens is 316 g/mol. The lowest BCUT2D eigenvalue weighted by Gasteiger charge is -2.20. The van der Waals surface area contributed by atoms with Crippen molar-refractivity contribution in [1.29, 1.82) is 0 Å². The van der Waals surface area contributed by atoms with E-state index in [1.807, 2.05) is 14.1 Å². The predicted octanol–water partition coefficient (Wildman–Crippen LogP) is 2.86. The maximum atomic E-state index is 12.1. The molecule has 0 aliphatic heterocycles. The van der Waals surface area contributed by atoms with Gasteiger partial charge in [-0.1, -0.05) is 19.3 Å². The van der Waals surface area contributed by atoms with Crippen LogP contribution in [0.1, 0.15) is 32.1 Å². The number of hydrogen-bond donors (Lipinski definition) is 2. The van der Waals surface area contributed by atoms with Gasteiger partial charge in [0.1, 0.15) is 5.69 Å². The maximum Gasteiger partial charge on any atom is 0.299 e. The highest BCUT2D eigenvalue weighted by Gasteiger charge is 2.25. The summed E-state index contributed by atoms with van der Waals surface area (Å²) in [4.78, 5) is 32.3. The summed E-state index contributed by atoms with van der Waals surface area (Å²) < 4.78 is 0. The Morgan fingerprint density at radius 3 is 2.17 bits per heavy atom. The molecule has 0 aromatic heterocycles. The summed E-state index contributed by atoms with van der Waals surface area (Å²) in [6.45, 7) is 0. The van der Waals surface area contributed by atoms with Crippen LogP contribution in [-0.4, -0.2) is 29.8 Å². The zero-order valence-electron chi connectivity index (χ0n) is 13.8. The van der Waals surface area contributed by atoms with E-state index in [2.05, 4.69) is 10.6 Å². The van der Waals surface area contributed by atoms with E-state index >= 15 is 0 Å². The summed E-state index contributed by atoms with van der Waals surface area (Å²) in [7, 11) is 3.75. The molecule has 1 aliphatic carbocycles. The van der Waals surface area contributed by atoms with Gasteiger partial charge < -0.3 is 10.6 Å². The summed E-state index contributed by atoms with van der Waals surface area (Å²) in [5.41, 5.74) is -0.841. The number of amides is 1. The lowest BCUT2D eigenvalue weighted by molar-refractivity contribution is -0.393. The van der Waals surface area contributed by atoms with E-state index in [4.69, 9.17) is 0 Å². The molecule has 2 N–H and O–H groups in total. The molecule has 0 radical (unpaired) electrons. The molecule has 1 aromatic rings. The number of rotatable bonds is 4. The zero-order chi connectivity index (χ0) is 18.1. The van der Waals surface area contributed by atoms with Crippen LogP contribution in [0.5, 0.6) is 0 Å². The largest absolute Gasteiger partial charge is 0.323 e. The Hall–Kier alpha value is -2.55. The predicted molar refractivity (Wildman–Crippen MR) is 89.9 cm³/mol. The van der Waals surface area contributed by atoms with E-state index in [0.717, 1.165) is 44.2 Å². The molecule has 0 unspecified atom stereocenters. The van der Waals surface area contributed by atoms with Crippen LogP contribution in [0.3, 0.4) is 0 Å². The Morgan fingerprint density at radius 2 is 1.67 bits per heavy atom. The van der Waals surface area contributed by atoms with Gasteiger partial charge in [0, 0.05) is 12.0 Å². The Morgan fingerprint density at radius 1 is 1.08 bits per heavy atom. The van der Waals surface area contributed by atoms with Crippen molar-refractivity contribution in [1.82, 2.24) is 5.32 Å². The first-order chi connectivity index (χ1) is 11.4. The average molecular weight is 338 g/mol. The SMILES string of the molecule is CNC.O=C(Nc1ccc([N+](=O)[O-])cc1[N+](=O)[O-])C1CCCCC1. The highest BCUT2D eigenvalue weighted by atomic mass is 16.6. The molecule has 0 bridgehead atoms. The minimum Gasteiger partial charge on any atom is -0.323 e. The van der Waals surface area contributed by atoms with E-state index in [9.17, 15) is 25.0 Å². The van der Waals surface area contributed by atoms with E-state index < -0.39 is 15.5 Å². The quantitative estimate of drug-likeness (QED) is 0.642. The maximum absolute atomic E-state index is 12.1. The summed E-state index contributed by atoms with van der Waals surface area (Å²) >= 11 is 0. The minimum absolute atomic E-state index is 0.00109. The van der Waals surface area contributed by atoms with Gasteiger partial charge in [-0.2, -0.15) is 0 Å². The smallest absolute Gasteiger partial charge is 0.299 e. The average Bonchev–Trinajstić information content (AvgIpc) is 2.56. The number of benzene rings is 1. The second-order valence-corrected chi connectivity index (χ2v) is 5.54. The number of anilines is 1. The standard InChI is InChI=1S/C13H15N3O5.C2H7N/c17-13(9-4-2-1-3-5-9)14-11-7-6-10(15(18)19)8-12(11)16(20)21;1-3-2/h6-9H,1-5H2,(H,14,17);3H,1-2H3. The Kier molecular flexibility index (Phi) is 7.76. The fraction of sp³-hybridized carbons (Fsp3) is 0.533. The molecule has 1 saturated carbocycles. The number of hydrogen-bond acceptors (Lipinski definition) is 6. The number of carbonyl (C=O) groups excluding carboxylic acids is 1. The lowest BCUT2D eigenvalue weighted by Crippen LogP contribution is -2.25. The topological polar surface area (TPSA) is 127 Å². The van der Waals surface area contributed by atoms with Crippen molar-refractivity contribution in [2.45, 2.75) is 32.1 Å². The molecule has 0 saturated heterocycles. The number of nitro groups is 2. The Bertz CT molecular complexity index is 600. The van der Waals surface area contributed by atoms with Gasteiger partial charge in [-0.15, -0.1) is 0 Å². The van der Waals surface area contributed by atoms with E-state index in [1.165, 1.54) is 6.07 Å². The molecular formula is C15H22N4O5. The van der Waals surface area contributed by atoms with Crippen LogP contribution in [0.25, 0.3) is 0 Å². The van der Waals surface area contributed by atoms with E-state index in [-0.39, 0.29) is 23.2 Å². The van der Waals surface area contributed by atoms with Crippen LogP contribution < -0.4 is 10.6 Å². The van der Waals surface area contributed by atoms with Gasteiger partial charge in [0.15, 0.2) is 0 Å². The molecule has 9 heteroatoms. The summed E-state index contributed by atoms with van der Waals surface area (Å²) in [5, 5.41) is 26.9. The Labute approximate surface area is 139 Å². The van der Waals surface area contributed by atoms with E-state index in [1.54, 1.807) is 0 Å². The van der Waals surface area contributed by atoms with Crippen LogP contribution in [0.2, 0.25) is 0 Å². The fourth-order valence-electron chi connectivity index (χ4n) is 2.49. The first-order valence-electron chi connectivity index (χ1n) is 7.72. The Balaban J connectivity index is 0.000000891. The summed E-state index contributed by atoms with van der Waals surface area (Å²) in [6.07, 6.45) is 4.58. The zero-order valence-corrected chi connectivity index (χ0v) is 13.8. The third kappa shape index (κ3) is 5.58. The van der Waals surface area contributed by atoms with Crippen molar-refractivity contribution in [2.24, 2.45) is 5.92 Å². The molecule has 1 aromatic carbocycles. The van der Waals surface area contributed by atoms with Crippen molar-refractivity contribution in [3.63, 3.8) is 0 Å². The molecule has 1 aliphatic rings. The van der Waals surface area contributed by atoms with Crippen LogP contribution in [0.15, 0.2) is 18.2 Å². The minimum atomic E-state index is -0.733. The van der Waals surface area contributed by atoms with Gasteiger partial charge >= 0.3 is 0 Å². The van der Waals surface area contributed by atoms with Crippen LogP contribution in [0, 0.1) is 26.1 Å². The second-order valence-electron chi connectivity index (χ2n) is 5.54. The number of nitro benzene ring substituents is 2. The van der Waals surface area contributed by atoms with Crippen molar-refractivity contribution in [3.8, 4) is 0 Å². The number of non-ortho nitro benzene ring substituents is 1. The number of nitrogens with zero attached hydrogens (tertiary/aromatic N) is 2. The van der Waals surface area contributed by atoms with Crippen molar-refractivity contribution < 1.29 is 14.6 Å². The van der Waals surface area contributed by atoms with Crippen molar-refractivity contribution in [2.75, 3.05) is 19.4 Å². The first-order valence-corrected chi connectivity index (χ1v) is 7.72. The number of carbonyl (C=O) groups is 1. The normalized spacial score (nSPS) is 14.2.